The summed E-state index contributed by atoms with van der Waals surface area (Å²) in [7, 11) is 3.24. The maximum absolute atomic E-state index is 6.19. The molecule has 7 heteroatoms. The average Bonchev–Trinajstić information content (AvgIpc) is 2.67. The van der Waals surface area contributed by atoms with Crippen molar-refractivity contribution in [2.75, 3.05) is 24.9 Å². The molecular weight excluding hydrogens is 364 g/mol. The average molecular weight is 385 g/mol. The largest absolute Gasteiger partial charge is 0.493 e. The Morgan fingerprint density at radius 3 is 2.48 bits per heavy atom. The second-order valence-corrected chi connectivity index (χ2v) is 6.27. The molecule has 1 aromatic heterocycles. The molecule has 0 saturated carbocycles. The lowest BCUT2D eigenvalue weighted by Crippen LogP contribution is -2.06. The number of aromatic nitrogens is 2. The van der Waals surface area contributed by atoms with Crippen LogP contribution in [0.1, 0.15) is 11.3 Å². The van der Waals surface area contributed by atoms with Gasteiger partial charge in [0.05, 0.1) is 24.9 Å². The molecular formula is C20H21ClN4O2. The van der Waals surface area contributed by atoms with Gasteiger partial charge in [-0.25, -0.2) is 4.98 Å². The zero-order chi connectivity index (χ0) is 19.2. The van der Waals surface area contributed by atoms with E-state index in [1.807, 2.05) is 55.5 Å². The summed E-state index contributed by atoms with van der Waals surface area (Å²) in [6, 6.07) is 15.2. The van der Waals surface area contributed by atoms with Gasteiger partial charge in [0.2, 0.25) is 5.95 Å². The van der Waals surface area contributed by atoms with Crippen molar-refractivity contribution >= 4 is 29.1 Å². The molecule has 0 aliphatic carbocycles. The van der Waals surface area contributed by atoms with Crippen LogP contribution in [0.5, 0.6) is 11.5 Å². The van der Waals surface area contributed by atoms with Crippen molar-refractivity contribution in [2.45, 2.75) is 13.5 Å². The third-order valence-corrected chi connectivity index (χ3v) is 4.23. The van der Waals surface area contributed by atoms with E-state index in [-0.39, 0.29) is 0 Å². The highest BCUT2D eigenvalue weighted by molar-refractivity contribution is 6.33. The van der Waals surface area contributed by atoms with Gasteiger partial charge in [-0.05, 0) is 36.8 Å². The fraction of sp³-hybridized carbons (Fsp3) is 0.200. The van der Waals surface area contributed by atoms with E-state index < -0.39 is 0 Å². The van der Waals surface area contributed by atoms with Gasteiger partial charge in [-0.1, -0.05) is 29.8 Å². The van der Waals surface area contributed by atoms with Crippen LogP contribution >= 0.6 is 11.6 Å². The summed E-state index contributed by atoms with van der Waals surface area (Å²) in [5, 5.41) is 7.08. The van der Waals surface area contributed by atoms with E-state index >= 15 is 0 Å². The highest BCUT2D eigenvalue weighted by atomic mass is 35.5. The van der Waals surface area contributed by atoms with Crippen LogP contribution < -0.4 is 20.1 Å². The minimum Gasteiger partial charge on any atom is -0.493 e. The number of methoxy groups -OCH3 is 2. The summed E-state index contributed by atoms with van der Waals surface area (Å²) in [5.41, 5.74) is 2.65. The first-order chi connectivity index (χ1) is 13.1. The lowest BCUT2D eigenvalue weighted by atomic mass is 10.2. The quantitative estimate of drug-likeness (QED) is 0.609. The number of ether oxygens (including phenoxy) is 2. The molecule has 0 spiro atoms. The second kappa shape index (κ2) is 8.60. The van der Waals surface area contributed by atoms with E-state index in [0.717, 1.165) is 16.9 Å². The Bertz CT molecular complexity index is 934. The molecule has 0 amide bonds. The minimum absolute atomic E-state index is 0.484. The van der Waals surface area contributed by atoms with Gasteiger partial charge in [0.1, 0.15) is 5.82 Å². The van der Waals surface area contributed by atoms with Crippen molar-refractivity contribution < 1.29 is 9.47 Å². The fourth-order valence-corrected chi connectivity index (χ4v) is 2.76. The molecule has 0 fully saturated rings. The molecule has 0 radical (unpaired) electrons. The number of halogens is 1. The van der Waals surface area contributed by atoms with Crippen LogP contribution in [0.25, 0.3) is 0 Å². The third kappa shape index (κ3) is 4.80. The Kier molecular flexibility index (Phi) is 5.98. The molecule has 2 N–H and O–H groups in total. The summed E-state index contributed by atoms with van der Waals surface area (Å²) < 4.78 is 10.6. The van der Waals surface area contributed by atoms with E-state index in [1.165, 1.54) is 0 Å². The number of hydrogen-bond acceptors (Lipinski definition) is 6. The van der Waals surface area contributed by atoms with Crippen LogP contribution in [-0.4, -0.2) is 24.2 Å². The number of benzene rings is 2. The van der Waals surface area contributed by atoms with Crippen molar-refractivity contribution in [3.8, 4) is 11.5 Å². The van der Waals surface area contributed by atoms with Crippen LogP contribution in [-0.2, 0) is 6.54 Å². The van der Waals surface area contributed by atoms with Gasteiger partial charge in [0, 0.05) is 18.3 Å². The van der Waals surface area contributed by atoms with Crippen molar-refractivity contribution in [3.63, 3.8) is 0 Å². The number of aryl methyl sites for hydroxylation is 1. The maximum Gasteiger partial charge on any atom is 0.229 e. The summed E-state index contributed by atoms with van der Waals surface area (Å²) in [5.74, 6) is 2.59. The molecule has 0 atom stereocenters. The van der Waals surface area contributed by atoms with Crippen molar-refractivity contribution in [3.05, 3.63) is 64.8 Å². The van der Waals surface area contributed by atoms with Crippen molar-refractivity contribution in [2.24, 2.45) is 0 Å². The smallest absolute Gasteiger partial charge is 0.229 e. The summed E-state index contributed by atoms with van der Waals surface area (Å²) in [4.78, 5) is 8.93. The van der Waals surface area contributed by atoms with Crippen LogP contribution in [0.3, 0.4) is 0 Å². The Balaban J connectivity index is 1.74. The normalized spacial score (nSPS) is 10.4. The van der Waals surface area contributed by atoms with E-state index in [0.29, 0.717) is 34.8 Å². The molecule has 3 aromatic rings. The van der Waals surface area contributed by atoms with Crippen LogP contribution in [0.2, 0.25) is 5.02 Å². The Morgan fingerprint density at radius 1 is 0.963 bits per heavy atom. The van der Waals surface area contributed by atoms with Gasteiger partial charge in [0.15, 0.2) is 11.5 Å². The first-order valence-electron chi connectivity index (χ1n) is 8.41. The molecule has 2 aromatic carbocycles. The highest BCUT2D eigenvalue weighted by Crippen LogP contribution is 2.28. The van der Waals surface area contributed by atoms with E-state index in [4.69, 9.17) is 21.1 Å². The van der Waals surface area contributed by atoms with Gasteiger partial charge >= 0.3 is 0 Å². The zero-order valence-electron chi connectivity index (χ0n) is 15.4. The number of nitrogens with zero attached hydrogens (tertiary/aromatic N) is 2. The number of para-hydroxylation sites is 1. The number of rotatable bonds is 7. The first-order valence-corrected chi connectivity index (χ1v) is 8.79. The second-order valence-electron chi connectivity index (χ2n) is 5.87. The zero-order valence-corrected chi connectivity index (χ0v) is 16.2. The molecule has 27 heavy (non-hydrogen) atoms. The minimum atomic E-state index is 0.484. The number of nitrogens with one attached hydrogen (secondary N) is 2. The SMILES string of the molecule is COc1ccc(CNc2cc(C)nc(Nc3ccccc3Cl)n2)cc1OC. The maximum atomic E-state index is 6.19. The molecule has 0 aliphatic heterocycles. The van der Waals surface area contributed by atoms with Crippen LogP contribution in [0.4, 0.5) is 17.5 Å². The Labute approximate surface area is 163 Å². The molecule has 3 rings (SSSR count). The van der Waals surface area contributed by atoms with E-state index in [1.54, 1.807) is 14.2 Å². The van der Waals surface area contributed by atoms with Crippen molar-refractivity contribution in [1.82, 2.24) is 9.97 Å². The Morgan fingerprint density at radius 2 is 1.74 bits per heavy atom. The van der Waals surface area contributed by atoms with E-state index in [9.17, 15) is 0 Å². The van der Waals surface area contributed by atoms with Gasteiger partial charge < -0.3 is 20.1 Å². The van der Waals surface area contributed by atoms with Gasteiger partial charge in [-0.2, -0.15) is 4.98 Å². The fourth-order valence-electron chi connectivity index (χ4n) is 2.58. The lowest BCUT2D eigenvalue weighted by molar-refractivity contribution is 0.354. The molecule has 0 saturated heterocycles. The monoisotopic (exact) mass is 384 g/mol. The van der Waals surface area contributed by atoms with Gasteiger partial charge in [0.25, 0.3) is 0 Å². The summed E-state index contributed by atoms with van der Waals surface area (Å²) in [6.45, 7) is 2.50. The molecule has 0 unspecified atom stereocenters. The molecule has 140 valence electrons. The molecule has 6 nitrogen and oxygen atoms in total. The lowest BCUT2D eigenvalue weighted by Gasteiger charge is -2.12. The van der Waals surface area contributed by atoms with Crippen molar-refractivity contribution in [1.29, 1.82) is 0 Å². The summed E-state index contributed by atoms with van der Waals surface area (Å²) >= 11 is 6.19. The van der Waals surface area contributed by atoms with Crippen LogP contribution in [0.15, 0.2) is 48.5 Å². The molecule has 0 aliphatic rings. The highest BCUT2D eigenvalue weighted by Gasteiger charge is 2.07. The number of hydrogen-bond donors (Lipinski definition) is 2. The Hall–Kier alpha value is -2.99. The summed E-state index contributed by atoms with van der Waals surface area (Å²) in [6.07, 6.45) is 0. The molecule has 0 bridgehead atoms. The predicted octanol–water partition coefficient (Wildman–Crippen LogP) is 4.81. The topological polar surface area (TPSA) is 68.3 Å². The van der Waals surface area contributed by atoms with Gasteiger partial charge in [-0.3, -0.25) is 0 Å². The first kappa shape index (κ1) is 18.8. The predicted molar refractivity (Wildman–Crippen MR) is 108 cm³/mol. The van der Waals surface area contributed by atoms with Gasteiger partial charge in [-0.15, -0.1) is 0 Å². The van der Waals surface area contributed by atoms with E-state index in [2.05, 4.69) is 20.6 Å². The molecule has 1 heterocycles. The van der Waals surface area contributed by atoms with Crippen LogP contribution in [0, 0.1) is 6.92 Å². The number of anilines is 3. The standard InChI is InChI=1S/C20H21ClN4O2/c1-13-10-19(22-12-14-8-9-17(26-2)18(11-14)27-3)25-20(23-13)24-16-7-5-4-6-15(16)21/h4-11H,12H2,1-3H3,(H2,22,23,24,25). The third-order valence-electron chi connectivity index (χ3n) is 3.90.